The summed E-state index contributed by atoms with van der Waals surface area (Å²) in [6, 6.07) is 8.40. The molecule has 1 unspecified atom stereocenters. The van der Waals surface area contributed by atoms with Gasteiger partial charge in [-0.05, 0) is 30.4 Å². The Balaban J connectivity index is 1.42. The van der Waals surface area contributed by atoms with Gasteiger partial charge in [-0.1, -0.05) is 37.1 Å². The molecule has 0 aliphatic heterocycles. The summed E-state index contributed by atoms with van der Waals surface area (Å²) in [4.78, 5) is 26.6. The number of carbonyl (C=O) groups is 1. The van der Waals surface area contributed by atoms with Crippen LogP contribution in [0.2, 0.25) is 0 Å². The Morgan fingerprint density at radius 3 is 2.49 bits per heavy atom. The highest BCUT2D eigenvalue weighted by Crippen LogP contribution is 2.46. The molecule has 1 amide bonds. The van der Waals surface area contributed by atoms with Crippen molar-refractivity contribution in [2.45, 2.75) is 38.1 Å². The highest BCUT2D eigenvalue weighted by molar-refractivity contribution is 5.75. The molecule has 1 aliphatic carbocycles. The predicted octanol–water partition coefficient (Wildman–Crippen LogP) is 3.77. The van der Waals surface area contributed by atoms with E-state index in [0.717, 1.165) is 28.7 Å². The number of likely N-dealkylation sites (N-methyl/N-ethyl adjacent to an activating group) is 1. The van der Waals surface area contributed by atoms with Crippen LogP contribution in [0.25, 0.3) is 22.4 Å². The smallest absolute Gasteiger partial charge is 0.243 e. The van der Waals surface area contributed by atoms with E-state index in [-0.39, 0.29) is 23.8 Å². The second-order valence-electron chi connectivity index (χ2n) is 9.64. The van der Waals surface area contributed by atoms with Gasteiger partial charge in [-0.3, -0.25) is 9.48 Å². The predicted molar refractivity (Wildman–Crippen MR) is 132 cm³/mol. The van der Waals surface area contributed by atoms with Gasteiger partial charge in [0.2, 0.25) is 17.7 Å². The largest absolute Gasteiger partial charge is 0.447 e. The second kappa shape index (κ2) is 8.98. The molecule has 1 saturated carbocycles. The number of benzene rings is 1. The lowest BCUT2D eigenvalue weighted by Gasteiger charge is -2.27. The number of nitrogen functional groups attached to an aromatic ring is 1. The van der Waals surface area contributed by atoms with Crippen molar-refractivity contribution in [3.8, 4) is 22.4 Å². The highest BCUT2D eigenvalue weighted by Gasteiger charge is 2.40. The van der Waals surface area contributed by atoms with Crippen LogP contribution in [0.1, 0.15) is 37.6 Å². The van der Waals surface area contributed by atoms with Crippen molar-refractivity contribution in [3.05, 3.63) is 66.8 Å². The average molecular weight is 472 g/mol. The molecule has 3 heterocycles. The third kappa shape index (κ3) is 4.80. The van der Waals surface area contributed by atoms with Gasteiger partial charge in [0.15, 0.2) is 0 Å². The number of rotatable bonds is 8. The van der Waals surface area contributed by atoms with Gasteiger partial charge in [0, 0.05) is 43.8 Å². The molecule has 1 aliphatic rings. The summed E-state index contributed by atoms with van der Waals surface area (Å²) in [6.07, 6.45) is 12.1. The zero-order valence-electron chi connectivity index (χ0n) is 20.2. The Morgan fingerprint density at radius 2 is 1.83 bits per heavy atom. The van der Waals surface area contributed by atoms with E-state index < -0.39 is 0 Å². The molecule has 0 radical (unpaired) electrons. The molecular formula is C26H29N7O2. The van der Waals surface area contributed by atoms with E-state index in [4.69, 9.17) is 15.1 Å². The summed E-state index contributed by atoms with van der Waals surface area (Å²) in [7, 11) is 3.46. The number of hydrogen-bond donors (Lipinski definition) is 1. The van der Waals surface area contributed by atoms with Crippen molar-refractivity contribution < 1.29 is 9.21 Å². The van der Waals surface area contributed by atoms with Crippen LogP contribution in [0.15, 0.2) is 59.7 Å². The second-order valence-corrected chi connectivity index (χ2v) is 9.64. The first-order valence-corrected chi connectivity index (χ1v) is 11.7. The number of nitrogens with zero attached hydrogens (tertiary/aromatic N) is 6. The highest BCUT2D eigenvalue weighted by atomic mass is 16.3. The van der Waals surface area contributed by atoms with E-state index in [2.05, 4.69) is 46.3 Å². The van der Waals surface area contributed by atoms with Crippen molar-refractivity contribution >= 4 is 11.9 Å². The minimum absolute atomic E-state index is 0.0218. The van der Waals surface area contributed by atoms with E-state index in [0.29, 0.717) is 17.5 Å². The number of anilines is 1. The van der Waals surface area contributed by atoms with Crippen LogP contribution in [-0.4, -0.2) is 49.6 Å². The fraction of sp³-hybridized carbons (Fsp3) is 0.346. The molecule has 180 valence electrons. The van der Waals surface area contributed by atoms with Gasteiger partial charge < -0.3 is 15.1 Å². The maximum Gasteiger partial charge on any atom is 0.243 e. The lowest BCUT2D eigenvalue weighted by molar-refractivity contribution is -0.129. The van der Waals surface area contributed by atoms with Gasteiger partial charge in [-0.2, -0.15) is 5.10 Å². The van der Waals surface area contributed by atoms with Crippen LogP contribution in [-0.2, 0) is 16.8 Å². The van der Waals surface area contributed by atoms with E-state index in [1.165, 1.54) is 12.8 Å². The number of carbonyl (C=O) groups excluding carboxylic acids is 1. The molecule has 0 bridgehead atoms. The van der Waals surface area contributed by atoms with Crippen LogP contribution < -0.4 is 5.73 Å². The molecular weight excluding hydrogens is 442 g/mol. The van der Waals surface area contributed by atoms with Crippen molar-refractivity contribution in [1.29, 1.82) is 0 Å². The fourth-order valence-electron chi connectivity index (χ4n) is 4.27. The third-order valence-corrected chi connectivity index (χ3v) is 6.62. The summed E-state index contributed by atoms with van der Waals surface area (Å²) in [5.41, 5.74) is 9.86. The summed E-state index contributed by atoms with van der Waals surface area (Å²) < 4.78 is 7.69. The lowest BCUT2D eigenvalue weighted by atomic mass is 9.77. The van der Waals surface area contributed by atoms with Gasteiger partial charge in [0.1, 0.15) is 18.5 Å². The summed E-state index contributed by atoms with van der Waals surface area (Å²) >= 11 is 0. The fourth-order valence-corrected chi connectivity index (χ4v) is 4.27. The molecule has 1 fully saturated rings. The third-order valence-electron chi connectivity index (χ3n) is 6.62. The Bertz CT molecular complexity index is 1320. The molecule has 3 aromatic heterocycles. The number of hydrogen-bond acceptors (Lipinski definition) is 7. The topological polar surface area (TPSA) is 116 Å². The first-order chi connectivity index (χ1) is 16.8. The summed E-state index contributed by atoms with van der Waals surface area (Å²) in [5.74, 6) is 1.59. The molecule has 0 saturated heterocycles. The van der Waals surface area contributed by atoms with Gasteiger partial charge >= 0.3 is 0 Å². The monoisotopic (exact) mass is 471 g/mol. The van der Waals surface area contributed by atoms with E-state index in [1.54, 1.807) is 48.5 Å². The minimum atomic E-state index is -0.369. The zero-order chi connectivity index (χ0) is 24.6. The lowest BCUT2D eigenvalue weighted by Crippen LogP contribution is -2.26. The van der Waals surface area contributed by atoms with Crippen molar-refractivity contribution in [2.24, 2.45) is 5.92 Å². The number of oxazole rings is 1. The van der Waals surface area contributed by atoms with Gasteiger partial charge in [0.05, 0.1) is 11.6 Å². The molecule has 35 heavy (non-hydrogen) atoms. The Hall–Kier alpha value is -4.01. The van der Waals surface area contributed by atoms with Crippen LogP contribution in [0.5, 0.6) is 0 Å². The van der Waals surface area contributed by atoms with Crippen molar-refractivity contribution in [1.82, 2.24) is 29.6 Å². The van der Waals surface area contributed by atoms with Crippen molar-refractivity contribution in [2.75, 3.05) is 19.8 Å². The van der Waals surface area contributed by atoms with Crippen LogP contribution in [0.4, 0.5) is 5.95 Å². The summed E-state index contributed by atoms with van der Waals surface area (Å²) in [6.45, 7) is 2.38. The molecule has 4 aromatic rings. The van der Waals surface area contributed by atoms with E-state index in [9.17, 15) is 4.79 Å². The maximum absolute atomic E-state index is 12.0. The van der Waals surface area contributed by atoms with Crippen LogP contribution in [0.3, 0.4) is 0 Å². The van der Waals surface area contributed by atoms with Crippen LogP contribution in [0, 0.1) is 5.92 Å². The Kier molecular flexibility index (Phi) is 5.84. The van der Waals surface area contributed by atoms with Crippen molar-refractivity contribution in [3.63, 3.8) is 0 Å². The van der Waals surface area contributed by atoms with E-state index in [1.807, 2.05) is 6.20 Å². The van der Waals surface area contributed by atoms with Gasteiger partial charge in [-0.25, -0.2) is 15.0 Å². The van der Waals surface area contributed by atoms with Gasteiger partial charge in [-0.15, -0.1) is 0 Å². The molecule has 0 spiro atoms. The van der Waals surface area contributed by atoms with Crippen LogP contribution >= 0.6 is 0 Å². The quantitative estimate of drug-likeness (QED) is 0.416. The maximum atomic E-state index is 12.0. The number of aromatic nitrogens is 5. The first-order valence-electron chi connectivity index (χ1n) is 11.7. The van der Waals surface area contributed by atoms with E-state index >= 15 is 0 Å². The molecule has 1 atom stereocenters. The molecule has 1 aromatic carbocycles. The molecule has 9 heteroatoms. The first kappa shape index (κ1) is 22.8. The number of amides is 1. The standard InChI is InChI=1S/C26H29N7O2/c1-26(10-17-4-5-17,21-8-6-18(7-9-21)19-11-28-25(27)29-12-19)24-31-22(16-35-24)20-13-30-33(14-20)15-23(34)32(2)3/h6-9,11-14,16-17H,4-5,10,15H2,1-3H3,(H2,27,28,29). The molecule has 2 N–H and O–H groups in total. The summed E-state index contributed by atoms with van der Waals surface area (Å²) in [5, 5.41) is 4.32. The Morgan fingerprint density at radius 1 is 1.11 bits per heavy atom. The normalized spacial score (nSPS) is 15.1. The van der Waals surface area contributed by atoms with Gasteiger partial charge in [0.25, 0.3) is 0 Å². The molecule has 5 rings (SSSR count). The SMILES string of the molecule is CN(C)C(=O)Cn1cc(-c2coc(C(C)(CC3CC3)c3ccc(-c4cnc(N)nc4)cc3)n2)cn1. The minimum Gasteiger partial charge on any atom is -0.447 e. The zero-order valence-corrected chi connectivity index (χ0v) is 20.2. The Labute approximate surface area is 204 Å². The number of nitrogens with two attached hydrogens (primary N) is 1. The average Bonchev–Trinajstić information content (AvgIpc) is 3.31. The molecule has 9 nitrogen and oxygen atoms in total.